The number of rotatable bonds is 4. The average Bonchev–Trinajstić information content (AvgIpc) is 2.84. The Morgan fingerprint density at radius 1 is 1.33 bits per heavy atom. The van der Waals surface area contributed by atoms with Crippen molar-refractivity contribution in [3.05, 3.63) is 24.0 Å². The lowest BCUT2D eigenvalue weighted by Crippen LogP contribution is -2.17. The van der Waals surface area contributed by atoms with Crippen LogP contribution >= 0.6 is 0 Å². The van der Waals surface area contributed by atoms with Gasteiger partial charge in [-0.2, -0.15) is 15.1 Å². The molecule has 0 bridgehead atoms. The van der Waals surface area contributed by atoms with Crippen molar-refractivity contribution >= 4 is 11.8 Å². The number of hydrogen-bond donors (Lipinski definition) is 1. The minimum absolute atomic E-state index is 0.529. The summed E-state index contributed by atoms with van der Waals surface area (Å²) in [5.41, 5.74) is 6.98. The Morgan fingerprint density at radius 2 is 2.11 bits per heavy atom. The summed E-state index contributed by atoms with van der Waals surface area (Å²) in [6.07, 6.45) is 5.42. The van der Waals surface area contributed by atoms with E-state index in [9.17, 15) is 0 Å². The average molecular weight is 246 g/mol. The summed E-state index contributed by atoms with van der Waals surface area (Å²) < 4.78 is 1.73. The fraction of sp³-hybridized carbons (Fsp3) is 0.417. The summed E-state index contributed by atoms with van der Waals surface area (Å²) in [6.45, 7) is 2.10. The van der Waals surface area contributed by atoms with E-state index in [2.05, 4.69) is 22.0 Å². The van der Waals surface area contributed by atoms with Gasteiger partial charge in [0, 0.05) is 32.1 Å². The molecular formula is C12H18N6. The molecule has 6 heteroatoms. The van der Waals surface area contributed by atoms with Crippen LogP contribution in [0.15, 0.2) is 18.5 Å². The van der Waals surface area contributed by atoms with Crippen molar-refractivity contribution in [1.82, 2.24) is 19.7 Å². The predicted octanol–water partition coefficient (Wildman–Crippen LogP) is 1.26. The Kier molecular flexibility index (Phi) is 3.45. The first kappa shape index (κ1) is 12.3. The summed E-state index contributed by atoms with van der Waals surface area (Å²) in [7, 11) is 3.78. The molecule has 0 aromatic carbocycles. The fourth-order valence-electron chi connectivity index (χ4n) is 1.75. The van der Waals surface area contributed by atoms with Crippen molar-refractivity contribution < 1.29 is 0 Å². The highest BCUT2D eigenvalue weighted by Crippen LogP contribution is 2.21. The van der Waals surface area contributed by atoms with E-state index < -0.39 is 0 Å². The normalized spacial score (nSPS) is 10.6. The lowest BCUT2D eigenvalue weighted by atomic mass is 10.1. The van der Waals surface area contributed by atoms with Crippen molar-refractivity contribution in [2.24, 2.45) is 0 Å². The van der Waals surface area contributed by atoms with Gasteiger partial charge in [0.2, 0.25) is 5.95 Å². The van der Waals surface area contributed by atoms with Gasteiger partial charge in [0.1, 0.15) is 5.82 Å². The van der Waals surface area contributed by atoms with Crippen LogP contribution in [0, 0.1) is 0 Å². The number of aromatic nitrogens is 4. The van der Waals surface area contributed by atoms with Crippen molar-refractivity contribution in [1.29, 1.82) is 0 Å². The van der Waals surface area contributed by atoms with Gasteiger partial charge in [-0.3, -0.25) is 0 Å². The molecule has 0 unspecified atom stereocenters. The molecule has 0 saturated heterocycles. The van der Waals surface area contributed by atoms with Gasteiger partial charge in [-0.05, 0) is 12.5 Å². The molecule has 2 rings (SSSR count). The van der Waals surface area contributed by atoms with Crippen LogP contribution in [0.1, 0.15) is 18.9 Å². The molecule has 0 fully saturated rings. The van der Waals surface area contributed by atoms with Crippen LogP contribution < -0.4 is 10.6 Å². The Balaban J connectivity index is 2.59. The Labute approximate surface area is 106 Å². The molecule has 0 radical (unpaired) electrons. The van der Waals surface area contributed by atoms with Crippen molar-refractivity contribution in [2.45, 2.75) is 19.8 Å². The molecule has 0 aliphatic carbocycles. The van der Waals surface area contributed by atoms with E-state index in [1.54, 1.807) is 10.9 Å². The molecule has 2 heterocycles. The van der Waals surface area contributed by atoms with Crippen LogP contribution in [0.5, 0.6) is 0 Å². The van der Waals surface area contributed by atoms with E-state index in [-0.39, 0.29) is 0 Å². The predicted molar refractivity (Wildman–Crippen MR) is 71.9 cm³/mol. The number of nitrogens with zero attached hydrogens (tertiary/aromatic N) is 5. The zero-order valence-electron chi connectivity index (χ0n) is 11.0. The zero-order chi connectivity index (χ0) is 13.1. The maximum atomic E-state index is 6.03. The van der Waals surface area contributed by atoms with Crippen LogP contribution in [0.4, 0.5) is 11.8 Å². The van der Waals surface area contributed by atoms with Gasteiger partial charge in [-0.1, -0.05) is 13.3 Å². The number of anilines is 2. The molecule has 2 N–H and O–H groups in total. The molecule has 18 heavy (non-hydrogen) atoms. The molecule has 0 saturated carbocycles. The highest BCUT2D eigenvalue weighted by molar-refractivity contribution is 5.53. The van der Waals surface area contributed by atoms with E-state index >= 15 is 0 Å². The third kappa shape index (κ3) is 2.27. The summed E-state index contributed by atoms with van der Waals surface area (Å²) in [5.74, 6) is 1.89. The fourth-order valence-corrected chi connectivity index (χ4v) is 1.75. The van der Waals surface area contributed by atoms with Crippen molar-refractivity contribution in [3.63, 3.8) is 0 Å². The van der Waals surface area contributed by atoms with Gasteiger partial charge in [-0.25, -0.2) is 4.68 Å². The Bertz CT molecular complexity index is 518. The zero-order valence-corrected chi connectivity index (χ0v) is 11.0. The second-order valence-corrected chi connectivity index (χ2v) is 4.31. The molecule has 6 nitrogen and oxygen atoms in total. The molecule has 0 atom stereocenters. The van der Waals surface area contributed by atoms with Gasteiger partial charge in [0.15, 0.2) is 5.82 Å². The number of hydrogen-bond acceptors (Lipinski definition) is 5. The second kappa shape index (κ2) is 5.03. The number of nitrogen functional groups attached to an aromatic ring is 1. The van der Waals surface area contributed by atoms with Gasteiger partial charge in [0.25, 0.3) is 0 Å². The monoisotopic (exact) mass is 246 g/mol. The first-order valence-electron chi connectivity index (χ1n) is 5.97. The highest BCUT2D eigenvalue weighted by atomic mass is 15.3. The first-order valence-corrected chi connectivity index (χ1v) is 5.97. The van der Waals surface area contributed by atoms with Gasteiger partial charge >= 0.3 is 0 Å². The molecule has 2 aromatic heterocycles. The molecule has 0 spiro atoms. The topological polar surface area (TPSA) is 72.9 Å². The number of nitrogens with two attached hydrogens (primary N) is 1. The van der Waals surface area contributed by atoms with E-state index in [1.807, 2.05) is 31.3 Å². The lowest BCUT2D eigenvalue weighted by molar-refractivity contribution is 0.796. The smallest absolute Gasteiger partial charge is 0.228 e. The molecule has 0 aliphatic heterocycles. The molecule has 96 valence electrons. The third-order valence-corrected chi connectivity index (χ3v) is 2.63. The molecule has 0 amide bonds. The summed E-state index contributed by atoms with van der Waals surface area (Å²) >= 11 is 0. The minimum Gasteiger partial charge on any atom is -0.383 e. The quantitative estimate of drug-likeness (QED) is 0.879. The van der Waals surface area contributed by atoms with Gasteiger partial charge in [0.05, 0.1) is 0 Å². The van der Waals surface area contributed by atoms with Crippen LogP contribution in [-0.2, 0) is 6.42 Å². The lowest BCUT2D eigenvalue weighted by Gasteiger charge is -2.16. The van der Waals surface area contributed by atoms with Crippen molar-refractivity contribution in [2.75, 3.05) is 24.7 Å². The Hall–Kier alpha value is -2.11. The summed E-state index contributed by atoms with van der Waals surface area (Å²) in [5, 5.41) is 4.22. The van der Waals surface area contributed by atoms with Crippen molar-refractivity contribution in [3.8, 4) is 5.82 Å². The van der Waals surface area contributed by atoms with Gasteiger partial charge in [-0.15, -0.1) is 0 Å². The molecular weight excluding hydrogens is 228 g/mol. The van der Waals surface area contributed by atoms with E-state index in [0.29, 0.717) is 11.8 Å². The van der Waals surface area contributed by atoms with E-state index in [0.717, 1.165) is 24.2 Å². The Morgan fingerprint density at radius 3 is 2.67 bits per heavy atom. The van der Waals surface area contributed by atoms with E-state index in [1.165, 1.54) is 0 Å². The van der Waals surface area contributed by atoms with Crippen LogP contribution in [0.3, 0.4) is 0 Å². The molecule has 0 aliphatic rings. The van der Waals surface area contributed by atoms with Crippen LogP contribution in [0.2, 0.25) is 0 Å². The highest BCUT2D eigenvalue weighted by Gasteiger charge is 2.14. The van der Waals surface area contributed by atoms with Gasteiger partial charge < -0.3 is 10.6 Å². The SMILES string of the molecule is CCCc1c(N)nc(N(C)C)nc1-n1cccn1. The minimum atomic E-state index is 0.529. The first-order chi connectivity index (χ1) is 8.63. The van der Waals surface area contributed by atoms with Crippen LogP contribution in [-0.4, -0.2) is 33.8 Å². The third-order valence-electron chi connectivity index (χ3n) is 2.63. The largest absolute Gasteiger partial charge is 0.383 e. The maximum absolute atomic E-state index is 6.03. The summed E-state index contributed by atoms with van der Waals surface area (Å²) in [6, 6.07) is 1.86. The second-order valence-electron chi connectivity index (χ2n) is 4.31. The van der Waals surface area contributed by atoms with E-state index in [4.69, 9.17) is 5.73 Å². The van der Waals surface area contributed by atoms with Crippen LogP contribution in [0.25, 0.3) is 5.82 Å². The molecule has 2 aromatic rings. The maximum Gasteiger partial charge on any atom is 0.228 e. The standard InChI is InChI=1S/C12H18N6/c1-4-6-9-10(13)15-12(17(2)3)16-11(9)18-8-5-7-14-18/h5,7-8H,4,6H2,1-3H3,(H2,13,15,16). The summed E-state index contributed by atoms with van der Waals surface area (Å²) in [4.78, 5) is 10.7.